The Morgan fingerprint density at radius 3 is 2.17 bits per heavy atom. The van der Waals surface area contributed by atoms with E-state index in [1.165, 1.54) is 18.2 Å². The summed E-state index contributed by atoms with van der Waals surface area (Å²) < 4.78 is 54.4. The molecule has 18 heavy (non-hydrogen) atoms. The van der Waals surface area contributed by atoms with Crippen LogP contribution in [0.25, 0.3) is 0 Å². The van der Waals surface area contributed by atoms with E-state index < -0.39 is 25.2 Å². The fourth-order valence-electron chi connectivity index (χ4n) is 1.88. The summed E-state index contributed by atoms with van der Waals surface area (Å²) in [4.78, 5) is -0.287. The molecular formula is C11H16O5S2. The monoisotopic (exact) mass is 292 g/mol. The van der Waals surface area contributed by atoms with E-state index in [2.05, 4.69) is 0 Å². The van der Waals surface area contributed by atoms with Gasteiger partial charge in [-0.15, -0.1) is 0 Å². The van der Waals surface area contributed by atoms with Gasteiger partial charge in [-0.05, 0) is 36.6 Å². The third-order valence-corrected chi connectivity index (χ3v) is 5.25. The van der Waals surface area contributed by atoms with Gasteiger partial charge in [-0.1, -0.05) is 13.0 Å². The Hall–Kier alpha value is -0.920. The average Bonchev–Trinajstić information content (AvgIpc) is 2.18. The van der Waals surface area contributed by atoms with Gasteiger partial charge in [-0.3, -0.25) is 4.55 Å². The third kappa shape index (κ3) is 3.30. The highest BCUT2D eigenvalue weighted by Crippen LogP contribution is 2.29. The fourth-order valence-corrected chi connectivity index (χ4v) is 3.72. The molecule has 0 saturated carbocycles. The van der Waals surface area contributed by atoms with Crippen molar-refractivity contribution in [1.82, 2.24) is 0 Å². The Morgan fingerprint density at radius 1 is 1.22 bits per heavy atom. The van der Waals surface area contributed by atoms with E-state index in [0.717, 1.165) is 6.26 Å². The van der Waals surface area contributed by atoms with E-state index in [4.69, 9.17) is 4.55 Å². The van der Waals surface area contributed by atoms with Crippen LogP contribution in [0.4, 0.5) is 0 Å². The first kappa shape index (κ1) is 15.1. The fraction of sp³-hybridized carbons (Fsp3) is 0.455. The van der Waals surface area contributed by atoms with Gasteiger partial charge in [0.25, 0.3) is 10.1 Å². The minimum Gasteiger partial charge on any atom is -0.282 e. The van der Waals surface area contributed by atoms with Crippen molar-refractivity contribution < 1.29 is 21.4 Å². The third-order valence-electron chi connectivity index (χ3n) is 2.78. The molecule has 7 heteroatoms. The number of rotatable bonds is 4. The van der Waals surface area contributed by atoms with E-state index in [1.54, 1.807) is 13.8 Å². The van der Waals surface area contributed by atoms with Crippen molar-refractivity contribution in [2.75, 3.05) is 6.26 Å². The molecular weight excluding hydrogens is 276 g/mol. The molecule has 0 saturated heterocycles. The summed E-state index contributed by atoms with van der Waals surface area (Å²) in [5.41, 5.74) is 1.09. The van der Waals surface area contributed by atoms with Crippen LogP contribution in [0.2, 0.25) is 0 Å². The largest absolute Gasteiger partial charge is 0.294 e. The standard InChI is InChI=1S/C11H16O5S2/c1-4-11(17(3,12)13)10-7-9(18(14,15)16)6-5-8(10)2/h5-7,11H,4H2,1-3H3,(H,14,15,16). The molecule has 0 aliphatic carbocycles. The Morgan fingerprint density at radius 2 is 1.78 bits per heavy atom. The molecule has 1 rings (SSSR count). The lowest BCUT2D eigenvalue weighted by Crippen LogP contribution is -2.13. The van der Waals surface area contributed by atoms with Crippen molar-refractivity contribution in [3.05, 3.63) is 29.3 Å². The Kier molecular flexibility index (Phi) is 4.19. The van der Waals surface area contributed by atoms with Gasteiger partial charge in [-0.25, -0.2) is 8.42 Å². The first-order valence-corrected chi connectivity index (χ1v) is 8.73. The maximum Gasteiger partial charge on any atom is 0.294 e. The Balaban J connectivity index is 3.50. The number of hydrogen-bond donors (Lipinski definition) is 1. The lowest BCUT2D eigenvalue weighted by atomic mass is 10.0. The molecule has 0 radical (unpaired) electrons. The van der Waals surface area contributed by atoms with Crippen molar-refractivity contribution in [1.29, 1.82) is 0 Å². The zero-order valence-electron chi connectivity index (χ0n) is 10.4. The molecule has 5 nitrogen and oxygen atoms in total. The summed E-state index contributed by atoms with van der Waals surface area (Å²) in [6.45, 7) is 3.42. The number of aryl methyl sites for hydroxylation is 1. The van der Waals surface area contributed by atoms with E-state index in [1.807, 2.05) is 0 Å². The van der Waals surface area contributed by atoms with Crippen molar-refractivity contribution in [3.63, 3.8) is 0 Å². The van der Waals surface area contributed by atoms with Gasteiger partial charge < -0.3 is 0 Å². The van der Waals surface area contributed by atoms with Gasteiger partial charge in [0.05, 0.1) is 10.1 Å². The van der Waals surface area contributed by atoms with Crippen molar-refractivity contribution >= 4 is 20.0 Å². The maximum atomic E-state index is 11.7. The molecule has 0 aliphatic heterocycles. The zero-order chi connectivity index (χ0) is 14.1. The van der Waals surface area contributed by atoms with Crippen LogP contribution < -0.4 is 0 Å². The number of sulfone groups is 1. The number of benzene rings is 1. The second kappa shape index (κ2) is 4.99. The minimum atomic E-state index is -4.32. The van der Waals surface area contributed by atoms with Crippen LogP contribution in [-0.4, -0.2) is 27.6 Å². The van der Waals surface area contributed by atoms with Crippen LogP contribution in [0.3, 0.4) is 0 Å². The highest BCUT2D eigenvalue weighted by Gasteiger charge is 2.24. The molecule has 0 bridgehead atoms. The van der Waals surface area contributed by atoms with E-state index in [0.29, 0.717) is 17.5 Å². The molecule has 0 aromatic heterocycles. The molecule has 0 spiro atoms. The Bertz CT molecular complexity index is 644. The normalized spacial score (nSPS) is 14.4. The van der Waals surface area contributed by atoms with Crippen LogP contribution in [0.15, 0.2) is 23.1 Å². The van der Waals surface area contributed by atoms with Crippen molar-refractivity contribution in [2.45, 2.75) is 30.4 Å². The van der Waals surface area contributed by atoms with Crippen LogP contribution in [0.5, 0.6) is 0 Å². The first-order valence-electron chi connectivity index (χ1n) is 5.34. The smallest absolute Gasteiger partial charge is 0.282 e. The summed E-state index contributed by atoms with van der Waals surface area (Å²) in [7, 11) is -7.65. The molecule has 0 aliphatic rings. The van der Waals surface area contributed by atoms with Gasteiger partial charge in [0, 0.05) is 6.26 Å². The van der Waals surface area contributed by atoms with Gasteiger partial charge in [-0.2, -0.15) is 8.42 Å². The lowest BCUT2D eigenvalue weighted by molar-refractivity contribution is 0.483. The highest BCUT2D eigenvalue weighted by atomic mass is 32.2. The molecule has 102 valence electrons. The molecule has 1 aromatic rings. The lowest BCUT2D eigenvalue weighted by Gasteiger charge is -2.16. The molecule has 0 fully saturated rings. The predicted octanol–water partition coefficient (Wildman–Crippen LogP) is 1.74. The topological polar surface area (TPSA) is 88.5 Å². The van der Waals surface area contributed by atoms with Gasteiger partial charge in [0.2, 0.25) is 0 Å². The number of hydrogen-bond acceptors (Lipinski definition) is 4. The Labute approximate surface area is 108 Å². The summed E-state index contributed by atoms with van der Waals surface area (Å²) in [5, 5.41) is -0.765. The van der Waals surface area contributed by atoms with E-state index in [-0.39, 0.29) is 4.90 Å². The molecule has 1 unspecified atom stereocenters. The molecule has 0 amide bonds. The molecule has 0 heterocycles. The highest BCUT2D eigenvalue weighted by molar-refractivity contribution is 7.91. The second-order valence-corrected chi connectivity index (χ2v) is 7.87. The quantitative estimate of drug-likeness (QED) is 0.854. The van der Waals surface area contributed by atoms with Crippen molar-refractivity contribution in [2.24, 2.45) is 0 Å². The van der Waals surface area contributed by atoms with Crippen LogP contribution >= 0.6 is 0 Å². The predicted molar refractivity (Wildman–Crippen MR) is 68.9 cm³/mol. The van der Waals surface area contributed by atoms with Crippen LogP contribution in [0, 0.1) is 6.92 Å². The summed E-state index contributed by atoms with van der Waals surface area (Å²) in [6, 6.07) is 3.97. The summed E-state index contributed by atoms with van der Waals surface area (Å²) in [5.74, 6) is 0. The van der Waals surface area contributed by atoms with Crippen LogP contribution in [0.1, 0.15) is 29.7 Å². The molecule has 1 N–H and O–H groups in total. The van der Waals surface area contributed by atoms with E-state index >= 15 is 0 Å². The first-order chi connectivity index (χ1) is 8.07. The van der Waals surface area contributed by atoms with Crippen LogP contribution in [-0.2, 0) is 20.0 Å². The van der Waals surface area contributed by atoms with Gasteiger partial charge in [0.1, 0.15) is 0 Å². The van der Waals surface area contributed by atoms with Gasteiger partial charge in [0.15, 0.2) is 9.84 Å². The van der Waals surface area contributed by atoms with E-state index in [9.17, 15) is 16.8 Å². The second-order valence-electron chi connectivity index (χ2n) is 4.22. The SMILES string of the molecule is CCC(c1cc(S(=O)(=O)O)ccc1C)S(C)(=O)=O. The average molecular weight is 292 g/mol. The summed E-state index contributed by atoms with van der Waals surface area (Å²) >= 11 is 0. The molecule has 1 aromatic carbocycles. The van der Waals surface area contributed by atoms with Gasteiger partial charge >= 0.3 is 0 Å². The zero-order valence-corrected chi connectivity index (χ0v) is 12.0. The summed E-state index contributed by atoms with van der Waals surface area (Å²) in [6.07, 6.45) is 1.45. The van der Waals surface area contributed by atoms with Crippen molar-refractivity contribution in [3.8, 4) is 0 Å². The minimum absolute atomic E-state index is 0.287. The molecule has 1 atom stereocenters. The maximum absolute atomic E-state index is 11.7.